The summed E-state index contributed by atoms with van der Waals surface area (Å²) < 4.78 is 18.7. The number of piperidine rings is 1. The maximum Gasteiger partial charge on any atom is 0.276 e. The summed E-state index contributed by atoms with van der Waals surface area (Å²) in [7, 11) is 0. The molecule has 1 aliphatic carbocycles. The molecular weight excluding hydrogens is 513 g/mol. The van der Waals surface area contributed by atoms with Crippen LogP contribution in [0.2, 0.25) is 0 Å². The Balaban J connectivity index is 1.53. The highest BCUT2D eigenvalue weighted by molar-refractivity contribution is 5.98. The molecule has 40 heavy (non-hydrogen) atoms. The van der Waals surface area contributed by atoms with E-state index in [0.717, 1.165) is 25.7 Å². The summed E-state index contributed by atoms with van der Waals surface area (Å²) in [6.07, 6.45) is 4.96. The molecule has 1 unspecified atom stereocenters. The van der Waals surface area contributed by atoms with Crippen molar-refractivity contribution < 1.29 is 23.3 Å². The maximum absolute atomic E-state index is 13.7. The molecule has 4 rings (SSSR count). The number of likely N-dealkylation sites (tertiary alicyclic amines) is 1. The fraction of sp³-hybridized carbons (Fsp3) is 0.600. The van der Waals surface area contributed by atoms with Gasteiger partial charge in [0.25, 0.3) is 11.8 Å². The third-order valence-electron chi connectivity index (χ3n) is 8.20. The van der Waals surface area contributed by atoms with Crippen LogP contribution in [0, 0.1) is 30.5 Å². The van der Waals surface area contributed by atoms with Crippen molar-refractivity contribution in [2.45, 2.75) is 71.4 Å². The number of halogens is 1. The van der Waals surface area contributed by atoms with E-state index in [4.69, 9.17) is 10.3 Å². The summed E-state index contributed by atoms with van der Waals surface area (Å²) in [6, 6.07) is 5.96. The number of aromatic nitrogens is 1. The van der Waals surface area contributed by atoms with Crippen LogP contribution in [0.25, 0.3) is 0 Å². The summed E-state index contributed by atoms with van der Waals surface area (Å²) >= 11 is 0. The predicted molar refractivity (Wildman–Crippen MR) is 149 cm³/mol. The fourth-order valence-corrected chi connectivity index (χ4v) is 5.92. The smallest absolute Gasteiger partial charge is 0.276 e. The highest BCUT2D eigenvalue weighted by Gasteiger charge is 2.40. The number of benzene rings is 1. The molecule has 0 bridgehead atoms. The number of carbonyl (C=O) groups excluding carboxylic acids is 3. The highest BCUT2D eigenvalue weighted by atomic mass is 19.1. The largest absolute Gasteiger partial charge is 0.361 e. The minimum absolute atomic E-state index is 0.187. The number of carbonyl (C=O) groups is 3. The van der Waals surface area contributed by atoms with E-state index in [9.17, 15) is 18.8 Å². The molecule has 2 aromatic rings. The van der Waals surface area contributed by atoms with Gasteiger partial charge in [-0.15, -0.1) is 0 Å². The third kappa shape index (κ3) is 7.27. The van der Waals surface area contributed by atoms with E-state index < -0.39 is 11.9 Å². The number of nitrogens with one attached hydrogen (secondary N) is 1. The predicted octanol–water partition coefficient (Wildman–Crippen LogP) is 3.78. The van der Waals surface area contributed by atoms with E-state index in [1.165, 1.54) is 24.3 Å². The molecule has 2 heterocycles. The zero-order chi connectivity index (χ0) is 28.8. The maximum atomic E-state index is 13.7. The first-order chi connectivity index (χ1) is 19.2. The molecular formula is C30H42FN5O4. The second-order valence-corrected chi connectivity index (χ2v) is 11.7. The van der Waals surface area contributed by atoms with Gasteiger partial charge in [-0.3, -0.25) is 14.4 Å². The summed E-state index contributed by atoms with van der Waals surface area (Å²) in [5.41, 5.74) is 6.39. The molecule has 1 saturated heterocycles. The third-order valence-corrected chi connectivity index (χ3v) is 8.20. The van der Waals surface area contributed by atoms with Crippen LogP contribution in [0.3, 0.4) is 0 Å². The number of rotatable bonds is 9. The fourth-order valence-electron chi connectivity index (χ4n) is 5.92. The standard InChI is InChI=1S/C30H42FN5O4/c1-19(2)18-36(30(39)26-14-20(3)40-34-26)25-12-13-35(29(38)23-8-10-24(31)11-9-23)27(15-25)28(37)33-17-22-6-4-21(16-32)5-7-22/h8-11,14,19,21-22,25,27H,4-7,12-13,15-18,32H2,1-3H3,(H,33,37)/t21?,22?,25?,27-/m1/s1. The monoisotopic (exact) mass is 555 g/mol. The van der Waals surface area contributed by atoms with Crippen molar-refractivity contribution in [2.24, 2.45) is 23.5 Å². The summed E-state index contributed by atoms with van der Waals surface area (Å²) in [5, 5.41) is 7.04. The zero-order valence-electron chi connectivity index (χ0n) is 23.8. The van der Waals surface area contributed by atoms with Gasteiger partial charge in [-0.25, -0.2) is 4.39 Å². The van der Waals surface area contributed by atoms with Crippen LogP contribution in [0.15, 0.2) is 34.9 Å². The van der Waals surface area contributed by atoms with Crippen molar-refractivity contribution in [2.75, 3.05) is 26.2 Å². The number of hydrogen-bond acceptors (Lipinski definition) is 6. The lowest BCUT2D eigenvalue weighted by molar-refractivity contribution is -0.127. The molecule has 2 aliphatic rings. The number of hydrogen-bond donors (Lipinski definition) is 2. The van der Waals surface area contributed by atoms with Crippen molar-refractivity contribution in [3.05, 3.63) is 53.2 Å². The van der Waals surface area contributed by atoms with Gasteiger partial charge >= 0.3 is 0 Å². The van der Waals surface area contributed by atoms with Gasteiger partial charge in [0, 0.05) is 37.3 Å². The van der Waals surface area contributed by atoms with Crippen LogP contribution in [-0.2, 0) is 4.79 Å². The molecule has 1 aromatic carbocycles. The molecule has 218 valence electrons. The van der Waals surface area contributed by atoms with Gasteiger partial charge in [0.15, 0.2) is 5.69 Å². The number of amides is 3. The molecule has 0 spiro atoms. The van der Waals surface area contributed by atoms with Crippen LogP contribution < -0.4 is 11.1 Å². The average Bonchev–Trinajstić information content (AvgIpc) is 3.40. The van der Waals surface area contributed by atoms with Crippen LogP contribution in [0.1, 0.15) is 79.0 Å². The van der Waals surface area contributed by atoms with Gasteiger partial charge in [-0.2, -0.15) is 0 Å². The molecule has 2 fully saturated rings. The molecule has 3 amide bonds. The van der Waals surface area contributed by atoms with Crippen molar-refractivity contribution in [3.63, 3.8) is 0 Å². The first-order valence-corrected chi connectivity index (χ1v) is 14.4. The van der Waals surface area contributed by atoms with E-state index in [2.05, 4.69) is 10.5 Å². The highest BCUT2D eigenvalue weighted by Crippen LogP contribution is 2.29. The van der Waals surface area contributed by atoms with Gasteiger partial charge in [-0.05, 0) is 94.0 Å². The summed E-state index contributed by atoms with van der Waals surface area (Å²) in [5.74, 6) is 0.433. The van der Waals surface area contributed by atoms with Crippen molar-refractivity contribution in [1.82, 2.24) is 20.3 Å². The lowest BCUT2D eigenvalue weighted by atomic mass is 9.82. The second-order valence-electron chi connectivity index (χ2n) is 11.7. The Kier molecular flexibility index (Phi) is 9.95. The zero-order valence-corrected chi connectivity index (χ0v) is 23.8. The molecule has 10 heteroatoms. The van der Waals surface area contributed by atoms with E-state index in [0.29, 0.717) is 62.2 Å². The molecule has 2 atom stereocenters. The molecule has 1 aromatic heterocycles. The Morgan fingerprint density at radius 1 is 1.12 bits per heavy atom. The van der Waals surface area contributed by atoms with Gasteiger partial charge in [0.1, 0.15) is 17.6 Å². The molecule has 0 radical (unpaired) electrons. The quantitative estimate of drug-likeness (QED) is 0.486. The van der Waals surface area contributed by atoms with Crippen LogP contribution >= 0.6 is 0 Å². The average molecular weight is 556 g/mol. The Hall–Kier alpha value is -3.27. The van der Waals surface area contributed by atoms with Crippen molar-refractivity contribution >= 4 is 17.7 Å². The van der Waals surface area contributed by atoms with Crippen LogP contribution in [0.4, 0.5) is 4.39 Å². The SMILES string of the molecule is Cc1cc(C(=O)N(CC(C)C)C2CCN(C(=O)c3ccc(F)cc3)[C@@H](C(=O)NCC3CCC(CN)CC3)C2)no1. The van der Waals surface area contributed by atoms with Gasteiger partial charge in [0.2, 0.25) is 5.91 Å². The number of aryl methyl sites for hydroxylation is 1. The van der Waals surface area contributed by atoms with E-state index in [-0.39, 0.29) is 35.4 Å². The molecule has 9 nitrogen and oxygen atoms in total. The first-order valence-electron chi connectivity index (χ1n) is 14.4. The molecule has 1 aliphatic heterocycles. The van der Waals surface area contributed by atoms with Gasteiger partial charge in [0.05, 0.1) is 0 Å². The molecule has 1 saturated carbocycles. The lowest BCUT2D eigenvalue weighted by Gasteiger charge is -2.43. The second kappa shape index (κ2) is 13.4. The van der Waals surface area contributed by atoms with Gasteiger partial charge < -0.3 is 25.4 Å². The summed E-state index contributed by atoms with van der Waals surface area (Å²) in [6.45, 7) is 7.82. The van der Waals surface area contributed by atoms with Crippen molar-refractivity contribution in [3.8, 4) is 0 Å². The van der Waals surface area contributed by atoms with E-state index in [1.807, 2.05) is 13.8 Å². The van der Waals surface area contributed by atoms with E-state index in [1.54, 1.807) is 22.8 Å². The Bertz CT molecular complexity index is 1160. The topological polar surface area (TPSA) is 122 Å². The van der Waals surface area contributed by atoms with Crippen LogP contribution in [-0.4, -0.2) is 70.9 Å². The van der Waals surface area contributed by atoms with Crippen molar-refractivity contribution in [1.29, 1.82) is 0 Å². The number of nitrogens with two attached hydrogens (primary N) is 1. The normalized spacial score (nSPS) is 23.2. The van der Waals surface area contributed by atoms with Crippen LogP contribution in [0.5, 0.6) is 0 Å². The Morgan fingerprint density at radius 3 is 2.40 bits per heavy atom. The van der Waals surface area contributed by atoms with E-state index >= 15 is 0 Å². The summed E-state index contributed by atoms with van der Waals surface area (Å²) in [4.78, 5) is 44.0. The number of nitrogens with zero attached hydrogens (tertiary/aromatic N) is 3. The lowest BCUT2D eigenvalue weighted by Crippen LogP contribution is -2.58. The van der Waals surface area contributed by atoms with Gasteiger partial charge in [-0.1, -0.05) is 19.0 Å². The minimum Gasteiger partial charge on any atom is -0.361 e. The molecule has 3 N–H and O–H groups in total. The first kappa shape index (κ1) is 29.7. The Labute approximate surface area is 235 Å². The Morgan fingerprint density at radius 2 is 1.80 bits per heavy atom. The minimum atomic E-state index is -0.766.